The summed E-state index contributed by atoms with van der Waals surface area (Å²) in [7, 11) is 0. The highest BCUT2D eigenvalue weighted by atomic mass is 19.1. The van der Waals surface area contributed by atoms with Crippen molar-refractivity contribution in [2.45, 2.75) is 20.8 Å². The topological polar surface area (TPSA) is 75.6 Å². The fourth-order valence-electron chi connectivity index (χ4n) is 2.16. The largest absolute Gasteiger partial charge is 0.369 e. The predicted octanol–water partition coefficient (Wildman–Crippen LogP) is 4.27. The Balaban J connectivity index is 1.92. The monoisotopic (exact) mass is 352 g/mol. The number of hydrogen-bond acceptors (Lipinski definition) is 6. The first-order chi connectivity index (χ1) is 12.4. The SMILES string of the molecule is CC(C)(C)CNc1cc(Nc2ccc(F)nc2)nc(-c2ccccn2)n1. The van der Waals surface area contributed by atoms with E-state index in [4.69, 9.17) is 0 Å². The first kappa shape index (κ1) is 17.7. The maximum absolute atomic E-state index is 13.0. The van der Waals surface area contributed by atoms with Gasteiger partial charge in [0.1, 0.15) is 17.3 Å². The Morgan fingerprint density at radius 2 is 1.81 bits per heavy atom. The zero-order valence-corrected chi connectivity index (χ0v) is 15.0. The summed E-state index contributed by atoms with van der Waals surface area (Å²) in [6.45, 7) is 7.18. The molecular formula is C19H21FN6. The van der Waals surface area contributed by atoms with Gasteiger partial charge in [0, 0.05) is 18.8 Å². The minimum atomic E-state index is -0.528. The summed E-state index contributed by atoms with van der Waals surface area (Å²) < 4.78 is 13.0. The Morgan fingerprint density at radius 3 is 2.46 bits per heavy atom. The molecule has 6 nitrogen and oxygen atoms in total. The lowest BCUT2D eigenvalue weighted by Gasteiger charge is -2.19. The number of aromatic nitrogens is 4. The molecule has 26 heavy (non-hydrogen) atoms. The van der Waals surface area contributed by atoms with Crippen molar-refractivity contribution in [3.8, 4) is 11.5 Å². The van der Waals surface area contributed by atoms with Crippen molar-refractivity contribution in [3.63, 3.8) is 0 Å². The predicted molar refractivity (Wildman–Crippen MR) is 101 cm³/mol. The summed E-state index contributed by atoms with van der Waals surface area (Å²) in [5.74, 6) is 1.24. The summed E-state index contributed by atoms with van der Waals surface area (Å²) >= 11 is 0. The summed E-state index contributed by atoms with van der Waals surface area (Å²) in [5.41, 5.74) is 1.41. The number of nitrogens with zero attached hydrogens (tertiary/aromatic N) is 4. The third-order valence-electron chi connectivity index (χ3n) is 3.42. The molecule has 0 atom stereocenters. The van der Waals surface area contributed by atoms with Crippen molar-refractivity contribution in [3.05, 3.63) is 54.7 Å². The van der Waals surface area contributed by atoms with Crippen LogP contribution < -0.4 is 10.6 Å². The van der Waals surface area contributed by atoms with Gasteiger partial charge in [-0.05, 0) is 29.7 Å². The van der Waals surface area contributed by atoms with Crippen LogP contribution in [-0.4, -0.2) is 26.5 Å². The molecule has 3 heterocycles. The second-order valence-electron chi connectivity index (χ2n) is 7.09. The van der Waals surface area contributed by atoms with Crippen molar-refractivity contribution in [1.29, 1.82) is 0 Å². The van der Waals surface area contributed by atoms with Crippen LogP contribution in [0.4, 0.5) is 21.7 Å². The van der Waals surface area contributed by atoms with E-state index in [1.807, 2.05) is 24.3 Å². The van der Waals surface area contributed by atoms with E-state index in [0.29, 0.717) is 28.8 Å². The molecule has 0 aliphatic heterocycles. The van der Waals surface area contributed by atoms with Gasteiger partial charge in [-0.15, -0.1) is 0 Å². The van der Waals surface area contributed by atoms with Crippen LogP contribution in [0.25, 0.3) is 11.5 Å². The van der Waals surface area contributed by atoms with E-state index in [9.17, 15) is 4.39 Å². The standard InChI is InChI=1S/C19H21FN6/c1-19(2,3)12-23-16-10-17(24-13-7-8-15(20)22-11-13)26-18(25-16)14-6-4-5-9-21-14/h4-11H,12H2,1-3H3,(H2,23,24,25,26). The molecule has 2 N–H and O–H groups in total. The Labute approximate surface area is 152 Å². The summed E-state index contributed by atoms with van der Waals surface area (Å²) in [6, 6.07) is 10.3. The fraction of sp³-hybridized carbons (Fsp3) is 0.263. The molecule has 0 aliphatic carbocycles. The van der Waals surface area contributed by atoms with Gasteiger partial charge in [-0.25, -0.2) is 15.0 Å². The van der Waals surface area contributed by atoms with E-state index in [2.05, 4.69) is 51.3 Å². The Bertz CT molecular complexity index is 859. The van der Waals surface area contributed by atoms with Gasteiger partial charge >= 0.3 is 0 Å². The highest BCUT2D eigenvalue weighted by Gasteiger charge is 2.13. The molecule has 0 spiro atoms. The minimum absolute atomic E-state index is 0.102. The van der Waals surface area contributed by atoms with Gasteiger partial charge in [-0.2, -0.15) is 4.39 Å². The fourth-order valence-corrected chi connectivity index (χ4v) is 2.16. The number of nitrogens with one attached hydrogen (secondary N) is 2. The second kappa shape index (κ2) is 7.43. The molecular weight excluding hydrogens is 331 g/mol. The molecule has 0 radical (unpaired) electrons. The second-order valence-corrected chi connectivity index (χ2v) is 7.09. The molecule has 0 amide bonds. The normalized spacial score (nSPS) is 11.2. The van der Waals surface area contributed by atoms with Crippen molar-refractivity contribution >= 4 is 17.3 Å². The number of pyridine rings is 2. The Hall–Kier alpha value is -3.09. The van der Waals surface area contributed by atoms with Gasteiger partial charge in [0.2, 0.25) is 5.95 Å². The summed E-state index contributed by atoms with van der Waals surface area (Å²) in [5, 5.41) is 6.47. The number of rotatable bonds is 5. The molecule has 7 heteroatoms. The van der Waals surface area contributed by atoms with Crippen LogP contribution in [0, 0.1) is 11.4 Å². The Morgan fingerprint density at radius 1 is 1.00 bits per heavy atom. The summed E-state index contributed by atoms with van der Waals surface area (Å²) in [6.07, 6.45) is 3.12. The molecule has 134 valence electrons. The van der Waals surface area contributed by atoms with E-state index >= 15 is 0 Å². The molecule has 0 unspecified atom stereocenters. The van der Waals surface area contributed by atoms with E-state index in [-0.39, 0.29) is 5.41 Å². The van der Waals surface area contributed by atoms with E-state index in [0.717, 1.165) is 6.54 Å². The van der Waals surface area contributed by atoms with Crippen molar-refractivity contribution in [1.82, 2.24) is 19.9 Å². The molecule has 0 aliphatic rings. The van der Waals surface area contributed by atoms with Crippen molar-refractivity contribution < 1.29 is 4.39 Å². The van der Waals surface area contributed by atoms with Gasteiger partial charge in [-0.3, -0.25) is 4.98 Å². The van der Waals surface area contributed by atoms with Crippen LogP contribution in [0.3, 0.4) is 0 Å². The van der Waals surface area contributed by atoms with Crippen LogP contribution in [-0.2, 0) is 0 Å². The maximum atomic E-state index is 13.0. The molecule has 0 fully saturated rings. The van der Waals surface area contributed by atoms with Crippen LogP contribution in [0.5, 0.6) is 0 Å². The van der Waals surface area contributed by atoms with Gasteiger partial charge in [0.05, 0.1) is 11.9 Å². The van der Waals surface area contributed by atoms with Crippen LogP contribution in [0.2, 0.25) is 0 Å². The zero-order chi connectivity index (χ0) is 18.6. The third kappa shape index (κ3) is 4.95. The highest BCUT2D eigenvalue weighted by molar-refractivity contribution is 5.63. The van der Waals surface area contributed by atoms with Gasteiger partial charge in [-0.1, -0.05) is 26.8 Å². The first-order valence-corrected chi connectivity index (χ1v) is 8.32. The molecule has 0 saturated heterocycles. The highest BCUT2D eigenvalue weighted by Crippen LogP contribution is 2.22. The maximum Gasteiger partial charge on any atom is 0.212 e. The third-order valence-corrected chi connectivity index (χ3v) is 3.42. The minimum Gasteiger partial charge on any atom is -0.369 e. The number of anilines is 3. The molecule has 0 saturated carbocycles. The van der Waals surface area contributed by atoms with Crippen LogP contribution in [0.1, 0.15) is 20.8 Å². The van der Waals surface area contributed by atoms with E-state index in [1.54, 1.807) is 12.3 Å². The molecule has 3 aromatic heterocycles. The molecule has 0 bridgehead atoms. The lowest BCUT2D eigenvalue weighted by atomic mass is 9.97. The smallest absolute Gasteiger partial charge is 0.212 e. The average molecular weight is 352 g/mol. The summed E-state index contributed by atoms with van der Waals surface area (Å²) in [4.78, 5) is 17.0. The van der Waals surface area contributed by atoms with Gasteiger partial charge in [0.25, 0.3) is 0 Å². The quantitative estimate of drug-likeness (QED) is 0.668. The van der Waals surface area contributed by atoms with Crippen molar-refractivity contribution in [2.24, 2.45) is 5.41 Å². The van der Waals surface area contributed by atoms with Crippen LogP contribution in [0.15, 0.2) is 48.8 Å². The molecule has 0 aromatic carbocycles. The average Bonchev–Trinajstić information content (AvgIpc) is 2.62. The van der Waals surface area contributed by atoms with Gasteiger partial charge in [0.15, 0.2) is 5.82 Å². The lowest BCUT2D eigenvalue weighted by molar-refractivity contribution is 0.442. The number of halogens is 1. The van der Waals surface area contributed by atoms with Crippen molar-refractivity contribution in [2.75, 3.05) is 17.2 Å². The molecule has 3 rings (SSSR count). The van der Waals surface area contributed by atoms with Crippen LogP contribution >= 0.6 is 0 Å². The van der Waals surface area contributed by atoms with E-state index in [1.165, 1.54) is 12.3 Å². The first-order valence-electron chi connectivity index (χ1n) is 8.32. The van der Waals surface area contributed by atoms with E-state index < -0.39 is 5.95 Å². The molecule has 3 aromatic rings. The van der Waals surface area contributed by atoms with Gasteiger partial charge < -0.3 is 10.6 Å². The Kier molecular flexibility index (Phi) is 5.06. The zero-order valence-electron chi connectivity index (χ0n) is 15.0. The lowest BCUT2D eigenvalue weighted by Crippen LogP contribution is -2.20. The number of hydrogen-bond donors (Lipinski definition) is 2.